The lowest BCUT2D eigenvalue weighted by Gasteiger charge is -2.17. The highest BCUT2D eigenvalue weighted by Crippen LogP contribution is 2.03. The minimum absolute atomic E-state index is 0.144. The predicted molar refractivity (Wildman–Crippen MR) is 49.9 cm³/mol. The lowest BCUT2D eigenvalue weighted by molar-refractivity contribution is 0.0271. The summed E-state index contributed by atoms with van der Waals surface area (Å²) in [6.45, 7) is 3.17. The Kier molecular flexibility index (Phi) is 5.31. The zero-order chi connectivity index (χ0) is 9.52. The molecule has 13 heavy (non-hydrogen) atoms. The first kappa shape index (κ1) is 10.9. The van der Waals surface area contributed by atoms with Crippen molar-refractivity contribution in [3.05, 3.63) is 0 Å². The van der Waals surface area contributed by atoms with Gasteiger partial charge >= 0.3 is 0 Å². The Hall–Kier alpha value is -0.160. The van der Waals surface area contributed by atoms with Crippen LogP contribution in [-0.4, -0.2) is 52.7 Å². The molecule has 4 nitrogen and oxygen atoms in total. The van der Waals surface area contributed by atoms with Gasteiger partial charge in [-0.05, 0) is 6.42 Å². The van der Waals surface area contributed by atoms with Crippen molar-refractivity contribution in [3.63, 3.8) is 0 Å². The zero-order valence-corrected chi connectivity index (χ0v) is 8.41. The highest BCUT2D eigenvalue weighted by atomic mass is 16.5. The van der Waals surface area contributed by atoms with E-state index in [-0.39, 0.29) is 6.10 Å². The van der Waals surface area contributed by atoms with Gasteiger partial charge < -0.3 is 19.5 Å². The van der Waals surface area contributed by atoms with Crippen molar-refractivity contribution in [2.24, 2.45) is 0 Å². The molecule has 1 heterocycles. The third-order valence-electron chi connectivity index (χ3n) is 2.25. The Labute approximate surface area is 79.5 Å². The van der Waals surface area contributed by atoms with E-state index in [1.54, 1.807) is 14.2 Å². The van der Waals surface area contributed by atoms with Gasteiger partial charge in [0.1, 0.15) is 0 Å². The van der Waals surface area contributed by atoms with Crippen LogP contribution in [0.3, 0.4) is 0 Å². The number of ether oxygens (including phenoxy) is 3. The van der Waals surface area contributed by atoms with Crippen LogP contribution in [0.2, 0.25) is 0 Å². The van der Waals surface area contributed by atoms with Crippen LogP contribution in [0.15, 0.2) is 0 Å². The van der Waals surface area contributed by atoms with Gasteiger partial charge in [-0.2, -0.15) is 0 Å². The SMILES string of the molecule is COCC(CNC1CCOC1)OC. The number of methoxy groups -OCH3 is 2. The quantitative estimate of drug-likeness (QED) is 0.639. The summed E-state index contributed by atoms with van der Waals surface area (Å²) in [5, 5.41) is 3.39. The predicted octanol–water partition coefficient (Wildman–Crippen LogP) is 0.0263. The topological polar surface area (TPSA) is 39.7 Å². The van der Waals surface area contributed by atoms with E-state index in [1.165, 1.54) is 0 Å². The van der Waals surface area contributed by atoms with E-state index in [4.69, 9.17) is 14.2 Å². The van der Waals surface area contributed by atoms with Crippen LogP contribution in [0.4, 0.5) is 0 Å². The van der Waals surface area contributed by atoms with E-state index in [9.17, 15) is 0 Å². The first-order chi connectivity index (χ1) is 6.36. The van der Waals surface area contributed by atoms with Gasteiger partial charge in [-0.25, -0.2) is 0 Å². The Morgan fingerprint density at radius 3 is 2.92 bits per heavy atom. The zero-order valence-electron chi connectivity index (χ0n) is 8.41. The van der Waals surface area contributed by atoms with Gasteiger partial charge in [-0.15, -0.1) is 0 Å². The molecular weight excluding hydrogens is 170 g/mol. The molecule has 0 aromatic rings. The fourth-order valence-corrected chi connectivity index (χ4v) is 1.39. The molecule has 2 unspecified atom stereocenters. The van der Waals surface area contributed by atoms with Crippen molar-refractivity contribution in [1.29, 1.82) is 0 Å². The summed E-state index contributed by atoms with van der Waals surface area (Å²) >= 11 is 0. The van der Waals surface area contributed by atoms with Gasteiger partial charge in [0.05, 0.1) is 19.3 Å². The average Bonchev–Trinajstić information content (AvgIpc) is 2.64. The van der Waals surface area contributed by atoms with Crippen molar-refractivity contribution in [3.8, 4) is 0 Å². The Bertz CT molecular complexity index is 126. The number of hydrogen-bond acceptors (Lipinski definition) is 4. The second-order valence-electron chi connectivity index (χ2n) is 3.28. The smallest absolute Gasteiger partial charge is 0.0928 e. The minimum Gasteiger partial charge on any atom is -0.382 e. The first-order valence-corrected chi connectivity index (χ1v) is 4.69. The summed E-state index contributed by atoms with van der Waals surface area (Å²) < 4.78 is 15.5. The molecule has 1 aliphatic rings. The molecule has 0 bridgehead atoms. The number of rotatable bonds is 6. The fourth-order valence-electron chi connectivity index (χ4n) is 1.39. The Morgan fingerprint density at radius 2 is 2.38 bits per heavy atom. The van der Waals surface area contributed by atoms with Crippen molar-refractivity contribution >= 4 is 0 Å². The standard InChI is InChI=1S/C9H19NO3/c1-11-7-9(12-2)5-10-8-3-4-13-6-8/h8-10H,3-7H2,1-2H3. The highest BCUT2D eigenvalue weighted by molar-refractivity contribution is 4.73. The molecule has 1 N–H and O–H groups in total. The lowest BCUT2D eigenvalue weighted by atomic mass is 10.2. The number of nitrogens with one attached hydrogen (secondary N) is 1. The van der Waals surface area contributed by atoms with Crippen LogP contribution < -0.4 is 5.32 Å². The van der Waals surface area contributed by atoms with E-state index in [1.807, 2.05) is 0 Å². The van der Waals surface area contributed by atoms with Crippen LogP contribution in [0, 0.1) is 0 Å². The van der Waals surface area contributed by atoms with Crippen molar-refractivity contribution < 1.29 is 14.2 Å². The summed E-state index contributed by atoms with van der Waals surface area (Å²) in [5.41, 5.74) is 0. The van der Waals surface area contributed by atoms with Crippen LogP contribution in [0.5, 0.6) is 0 Å². The first-order valence-electron chi connectivity index (χ1n) is 4.69. The maximum absolute atomic E-state index is 5.25. The molecule has 0 aromatic carbocycles. The van der Waals surface area contributed by atoms with E-state index < -0.39 is 0 Å². The van der Waals surface area contributed by atoms with Gasteiger partial charge in [0, 0.05) is 33.4 Å². The van der Waals surface area contributed by atoms with Crippen LogP contribution in [-0.2, 0) is 14.2 Å². The average molecular weight is 189 g/mol. The molecule has 1 aliphatic heterocycles. The van der Waals surface area contributed by atoms with E-state index >= 15 is 0 Å². The Balaban J connectivity index is 2.07. The van der Waals surface area contributed by atoms with E-state index in [0.29, 0.717) is 12.6 Å². The van der Waals surface area contributed by atoms with Crippen molar-refractivity contribution in [2.45, 2.75) is 18.6 Å². The molecule has 0 radical (unpaired) electrons. The van der Waals surface area contributed by atoms with Crippen LogP contribution in [0.25, 0.3) is 0 Å². The molecule has 1 rings (SSSR count). The summed E-state index contributed by atoms with van der Waals surface area (Å²) in [6.07, 6.45) is 1.24. The molecule has 0 aliphatic carbocycles. The largest absolute Gasteiger partial charge is 0.382 e. The molecule has 0 amide bonds. The second kappa shape index (κ2) is 6.32. The summed E-state index contributed by atoms with van der Waals surface area (Å²) in [4.78, 5) is 0. The number of hydrogen-bond donors (Lipinski definition) is 1. The summed E-state index contributed by atoms with van der Waals surface area (Å²) in [6, 6.07) is 0.495. The van der Waals surface area contributed by atoms with E-state index in [2.05, 4.69) is 5.32 Å². The van der Waals surface area contributed by atoms with Crippen LogP contribution in [0.1, 0.15) is 6.42 Å². The molecule has 1 saturated heterocycles. The molecule has 0 saturated carbocycles. The molecule has 78 valence electrons. The maximum atomic E-state index is 5.25. The third kappa shape index (κ3) is 4.04. The Morgan fingerprint density at radius 1 is 1.54 bits per heavy atom. The van der Waals surface area contributed by atoms with Gasteiger partial charge in [0.25, 0.3) is 0 Å². The minimum atomic E-state index is 0.144. The maximum Gasteiger partial charge on any atom is 0.0928 e. The normalized spacial score (nSPS) is 24.9. The molecule has 4 heteroatoms. The molecule has 1 fully saturated rings. The summed E-state index contributed by atoms with van der Waals surface area (Å²) in [7, 11) is 3.39. The van der Waals surface area contributed by atoms with Crippen molar-refractivity contribution in [2.75, 3.05) is 40.6 Å². The van der Waals surface area contributed by atoms with Crippen LogP contribution >= 0.6 is 0 Å². The molecular formula is C9H19NO3. The molecule has 0 aromatic heterocycles. The monoisotopic (exact) mass is 189 g/mol. The molecule has 0 spiro atoms. The highest BCUT2D eigenvalue weighted by Gasteiger charge is 2.16. The third-order valence-corrected chi connectivity index (χ3v) is 2.25. The van der Waals surface area contributed by atoms with Gasteiger partial charge in [0.2, 0.25) is 0 Å². The van der Waals surface area contributed by atoms with Gasteiger partial charge in [0.15, 0.2) is 0 Å². The fraction of sp³-hybridized carbons (Fsp3) is 1.00. The summed E-state index contributed by atoms with van der Waals surface area (Å²) in [5.74, 6) is 0. The van der Waals surface area contributed by atoms with Crippen molar-refractivity contribution in [1.82, 2.24) is 5.32 Å². The lowest BCUT2D eigenvalue weighted by Crippen LogP contribution is -2.38. The van der Waals surface area contributed by atoms with E-state index in [0.717, 1.165) is 26.2 Å². The van der Waals surface area contributed by atoms with Gasteiger partial charge in [-0.1, -0.05) is 0 Å². The molecule has 2 atom stereocenters. The second-order valence-corrected chi connectivity index (χ2v) is 3.28. The van der Waals surface area contributed by atoms with Gasteiger partial charge in [-0.3, -0.25) is 0 Å².